The summed E-state index contributed by atoms with van der Waals surface area (Å²) in [6.45, 7) is 3.83. The van der Waals surface area contributed by atoms with Crippen molar-refractivity contribution in [1.29, 1.82) is 0 Å². The van der Waals surface area contributed by atoms with Crippen molar-refractivity contribution in [2.24, 2.45) is 5.73 Å². The Balaban J connectivity index is 1.95. The van der Waals surface area contributed by atoms with Crippen LogP contribution in [0, 0.1) is 0 Å². The Morgan fingerprint density at radius 2 is 1.93 bits per heavy atom. The summed E-state index contributed by atoms with van der Waals surface area (Å²) in [6, 6.07) is 12.2. The molecule has 0 aliphatic rings. The first-order valence-electron chi connectivity index (χ1n) is 8.75. The van der Waals surface area contributed by atoms with Gasteiger partial charge in [0.15, 0.2) is 0 Å². The van der Waals surface area contributed by atoms with Crippen LogP contribution >= 0.6 is 0 Å². The van der Waals surface area contributed by atoms with Gasteiger partial charge in [-0.2, -0.15) is 0 Å². The van der Waals surface area contributed by atoms with Gasteiger partial charge in [-0.25, -0.2) is 4.79 Å². The predicted octanol–water partition coefficient (Wildman–Crippen LogP) is 3.64. The molecule has 0 radical (unpaired) electrons. The van der Waals surface area contributed by atoms with E-state index >= 15 is 0 Å². The lowest BCUT2D eigenvalue weighted by atomic mass is 10.1. The molecule has 27 heavy (non-hydrogen) atoms. The van der Waals surface area contributed by atoms with Crippen molar-refractivity contribution < 1.29 is 13.9 Å². The van der Waals surface area contributed by atoms with Gasteiger partial charge in [0.05, 0.1) is 7.11 Å². The molecule has 6 nitrogen and oxygen atoms in total. The SMILES string of the molecule is CCc1c(OC)ccc2cc(C(=O)Nc3ccc([C@H](C)N)cc3)c(=O)oc12. The number of fused-ring (bicyclic) bond motifs is 1. The Hall–Kier alpha value is -3.12. The maximum atomic E-state index is 12.6. The molecule has 3 N–H and O–H groups in total. The molecule has 6 heteroatoms. The third-order valence-electron chi connectivity index (χ3n) is 4.47. The largest absolute Gasteiger partial charge is 0.496 e. The normalized spacial score (nSPS) is 12.0. The number of aryl methyl sites for hydroxylation is 1. The molecule has 3 rings (SSSR count). The Labute approximate surface area is 156 Å². The molecule has 2 aromatic carbocycles. The summed E-state index contributed by atoms with van der Waals surface area (Å²) in [6.07, 6.45) is 0.640. The van der Waals surface area contributed by atoms with E-state index in [4.69, 9.17) is 14.9 Å². The number of carbonyl (C=O) groups is 1. The van der Waals surface area contributed by atoms with E-state index < -0.39 is 11.5 Å². The van der Waals surface area contributed by atoms with Crippen molar-refractivity contribution in [1.82, 2.24) is 0 Å². The number of ether oxygens (including phenoxy) is 1. The highest BCUT2D eigenvalue weighted by Gasteiger charge is 2.17. The van der Waals surface area contributed by atoms with Crippen molar-refractivity contribution in [2.45, 2.75) is 26.3 Å². The summed E-state index contributed by atoms with van der Waals surface area (Å²) in [4.78, 5) is 24.9. The van der Waals surface area contributed by atoms with Crippen LogP contribution in [0.15, 0.2) is 51.7 Å². The molecule has 1 heterocycles. The molecule has 0 spiro atoms. The number of amides is 1. The fraction of sp³-hybridized carbons (Fsp3) is 0.238. The second kappa shape index (κ2) is 7.63. The van der Waals surface area contributed by atoms with Gasteiger partial charge in [-0.15, -0.1) is 0 Å². The fourth-order valence-corrected chi connectivity index (χ4v) is 2.98. The predicted molar refractivity (Wildman–Crippen MR) is 105 cm³/mol. The zero-order chi connectivity index (χ0) is 19.6. The average molecular weight is 366 g/mol. The second-order valence-electron chi connectivity index (χ2n) is 6.33. The zero-order valence-corrected chi connectivity index (χ0v) is 15.5. The van der Waals surface area contributed by atoms with Gasteiger partial charge in [0.1, 0.15) is 16.9 Å². The van der Waals surface area contributed by atoms with Gasteiger partial charge >= 0.3 is 5.63 Å². The van der Waals surface area contributed by atoms with Crippen LogP contribution in [-0.2, 0) is 6.42 Å². The first-order valence-corrected chi connectivity index (χ1v) is 8.75. The van der Waals surface area contributed by atoms with E-state index in [1.54, 1.807) is 37.4 Å². The number of hydrogen-bond acceptors (Lipinski definition) is 5. The number of carbonyl (C=O) groups excluding carboxylic acids is 1. The number of rotatable bonds is 5. The Morgan fingerprint density at radius 3 is 2.52 bits per heavy atom. The first-order chi connectivity index (χ1) is 12.9. The maximum absolute atomic E-state index is 12.6. The molecule has 0 aliphatic carbocycles. The third-order valence-corrected chi connectivity index (χ3v) is 4.47. The van der Waals surface area contributed by atoms with Crippen LogP contribution in [0.5, 0.6) is 5.75 Å². The Kier molecular flexibility index (Phi) is 5.28. The quantitative estimate of drug-likeness (QED) is 0.672. The van der Waals surface area contributed by atoms with E-state index in [1.807, 2.05) is 26.0 Å². The number of benzene rings is 2. The highest BCUT2D eigenvalue weighted by atomic mass is 16.5. The van der Waals surface area contributed by atoms with E-state index in [9.17, 15) is 9.59 Å². The Bertz CT molecular complexity index is 1040. The molecule has 0 bridgehead atoms. The molecule has 0 saturated heterocycles. The van der Waals surface area contributed by atoms with Crippen LogP contribution in [0.4, 0.5) is 5.69 Å². The molecule has 140 valence electrons. The first kappa shape index (κ1) is 18.7. The van der Waals surface area contributed by atoms with Gasteiger partial charge in [-0.05, 0) is 49.2 Å². The van der Waals surface area contributed by atoms with E-state index in [-0.39, 0.29) is 11.6 Å². The molecule has 1 amide bonds. The minimum Gasteiger partial charge on any atom is -0.496 e. The lowest BCUT2D eigenvalue weighted by Gasteiger charge is -2.11. The van der Waals surface area contributed by atoms with Crippen LogP contribution < -0.4 is 21.4 Å². The smallest absolute Gasteiger partial charge is 0.349 e. The van der Waals surface area contributed by atoms with E-state index in [0.717, 1.165) is 11.1 Å². The molecular weight excluding hydrogens is 344 g/mol. The minimum absolute atomic E-state index is 0.0500. The highest BCUT2D eigenvalue weighted by Crippen LogP contribution is 2.28. The fourth-order valence-electron chi connectivity index (χ4n) is 2.98. The van der Waals surface area contributed by atoms with Crippen molar-refractivity contribution in [2.75, 3.05) is 12.4 Å². The summed E-state index contributed by atoms with van der Waals surface area (Å²) in [5.74, 6) is 0.132. The van der Waals surface area contributed by atoms with Crippen LogP contribution in [0.25, 0.3) is 11.0 Å². The highest BCUT2D eigenvalue weighted by molar-refractivity contribution is 6.05. The van der Waals surface area contributed by atoms with Crippen LogP contribution in [0.3, 0.4) is 0 Å². The molecule has 1 aromatic heterocycles. The number of nitrogens with two attached hydrogens (primary N) is 1. The molecule has 0 aliphatic heterocycles. The number of hydrogen-bond donors (Lipinski definition) is 2. The van der Waals surface area contributed by atoms with Crippen molar-refractivity contribution in [3.63, 3.8) is 0 Å². The Morgan fingerprint density at radius 1 is 1.22 bits per heavy atom. The van der Waals surface area contributed by atoms with Crippen LogP contribution in [0.1, 0.15) is 41.4 Å². The molecule has 1 atom stereocenters. The van der Waals surface area contributed by atoms with Gasteiger partial charge in [0, 0.05) is 22.7 Å². The summed E-state index contributed by atoms with van der Waals surface area (Å²) in [5.41, 5.74) is 7.86. The van der Waals surface area contributed by atoms with Crippen LogP contribution in [-0.4, -0.2) is 13.0 Å². The van der Waals surface area contributed by atoms with Crippen molar-refractivity contribution >= 4 is 22.6 Å². The number of methoxy groups -OCH3 is 1. The zero-order valence-electron chi connectivity index (χ0n) is 15.5. The topological polar surface area (TPSA) is 94.6 Å². The second-order valence-corrected chi connectivity index (χ2v) is 6.33. The van der Waals surface area contributed by atoms with Crippen molar-refractivity contribution in [3.8, 4) is 5.75 Å². The van der Waals surface area contributed by atoms with E-state index in [0.29, 0.717) is 28.8 Å². The van der Waals surface area contributed by atoms with E-state index in [2.05, 4.69) is 5.32 Å². The summed E-state index contributed by atoms with van der Waals surface area (Å²) >= 11 is 0. The van der Waals surface area contributed by atoms with Crippen LogP contribution in [0.2, 0.25) is 0 Å². The molecule has 0 unspecified atom stereocenters. The summed E-state index contributed by atoms with van der Waals surface area (Å²) < 4.78 is 10.8. The average Bonchev–Trinajstić information content (AvgIpc) is 2.66. The van der Waals surface area contributed by atoms with Gasteiger partial charge in [0.2, 0.25) is 0 Å². The number of nitrogens with one attached hydrogen (secondary N) is 1. The summed E-state index contributed by atoms with van der Waals surface area (Å²) in [7, 11) is 1.57. The molecule has 3 aromatic rings. The number of anilines is 1. The van der Waals surface area contributed by atoms with E-state index in [1.165, 1.54) is 0 Å². The lowest BCUT2D eigenvalue weighted by Crippen LogP contribution is -2.21. The van der Waals surface area contributed by atoms with Gasteiger partial charge in [0.25, 0.3) is 5.91 Å². The molecule has 0 saturated carbocycles. The molecular formula is C21H22N2O4. The standard InChI is InChI=1S/C21H22N2O4/c1-4-16-18(26-3)10-7-14-11-17(21(25)27-19(14)16)20(24)23-15-8-5-13(6-9-15)12(2)22/h5-12H,4,22H2,1-3H3,(H,23,24)/t12-/m0/s1. The van der Waals surface area contributed by atoms with Gasteiger partial charge in [-0.3, -0.25) is 4.79 Å². The van der Waals surface area contributed by atoms with Crippen molar-refractivity contribution in [3.05, 3.63) is 69.6 Å². The summed E-state index contributed by atoms with van der Waals surface area (Å²) in [5, 5.41) is 3.39. The van der Waals surface area contributed by atoms with Gasteiger partial charge < -0.3 is 20.2 Å². The third kappa shape index (κ3) is 3.71. The van der Waals surface area contributed by atoms with Gasteiger partial charge in [-0.1, -0.05) is 19.1 Å². The molecule has 0 fully saturated rings. The maximum Gasteiger partial charge on any atom is 0.349 e. The minimum atomic E-state index is -0.685. The lowest BCUT2D eigenvalue weighted by molar-refractivity contribution is 0.102. The monoisotopic (exact) mass is 366 g/mol.